The first-order chi connectivity index (χ1) is 36.5. The molecule has 0 aliphatic carbocycles. The SMILES string of the molecule is CC/C=C\C/C=C\C/C=C\C/C=C\C/C=C\C/C=C\C/C=C\C/C=C\C/C=C\CCCCCC(=O)OC(COC(=O)CCCCCCCCCCCCCCCCCCCCCC)COP(=O)(O)OCC[N+](C)(C)C. The second kappa shape index (κ2) is 55.4. The van der Waals surface area contributed by atoms with Crippen LogP contribution >= 0.6 is 7.82 Å². The average molecular weight is 1070 g/mol. The molecule has 0 heterocycles. The maximum absolute atomic E-state index is 12.8. The molecular formula is C65H113NO8P+. The molecule has 9 nitrogen and oxygen atoms in total. The molecule has 0 bridgehead atoms. The van der Waals surface area contributed by atoms with Crippen molar-refractivity contribution in [2.24, 2.45) is 0 Å². The predicted octanol–water partition coefficient (Wildman–Crippen LogP) is 19.0. The third-order valence-corrected chi connectivity index (χ3v) is 13.6. The van der Waals surface area contributed by atoms with Crippen LogP contribution in [0, 0.1) is 0 Å². The van der Waals surface area contributed by atoms with Gasteiger partial charge in [-0.1, -0.05) is 252 Å². The molecule has 0 saturated carbocycles. The molecule has 75 heavy (non-hydrogen) atoms. The Morgan fingerprint density at radius 1 is 0.427 bits per heavy atom. The smallest absolute Gasteiger partial charge is 0.462 e. The Labute approximate surface area is 461 Å². The van der Waals surface area contributed by atoms with Crippen LogP contribution in [-0.2, 0) is 32.7 Å². The highest BCUT2D eigenvalue weighted by molar-refractivity contribution is 7.47. The van der Waals surface area contributed by atoms with E-state index in [0.29, 0.717) is 17.4 Å². The summed E-state index contributed by atoms with van der Waals surface area (Å²) in [7, 11) is 1.44. The van der Waals surface area contributed by atoms with Gasteiger partial charge in [0, 0.05) is 12.8 Å². The number of phosphoric ester groups is 1. The monoisotopic (exact) mass is 1070 g/mol. The first-order valence-electron chi connectivity index (χ1n) is 30.1. The highest BCUT2D eigenvalue weighted by Crippen LogP contribution is 2.43. The molecule has 0 aromatic heterocycles. The lowest BCUT2D eigenvalue weighted by Crippen LogP contribution is -2.37. The van der Waals surface area contributed by atoms with Crippen LogP contribution < -0.4 is 0 Å². The van der Waals surface area contributed by atoms with Crippen molar-refractivity contribution in [3.63, 3.8) is 0 Å². The third kappa shape index (κ3) is 59.8. The molecule has 0 saturated heterocycles. The van der Waals surface area contributed by atoms with Crippen molar-refractivity contribution >= 4 is 19.8 Å². The number of hydrogen-bond acceptors (Lipinski definition) is 7. The standard InChI is InChI=1S/C65H112NO8P/c1-6-8-10-12-14-16-18-20-22-24-26-28-29-30-31-32-33-34-35-36-37-38-40-42-44-46-48-50-52-54-56-58-65(68)74-63(62-73-75(69,70)72-60-59-66(3,4)5)61-71-64(67)57-55-53-51-49-47-45-43-41-39-27-25-23-21-19-17-15-13-11-9-7-2/h8,10,14,16,20,22,26,28,30-31,33-34,36-37,40,42,46,48,63H,6-7,9,11-13,15,17-19,21,23-25,27,29,32,35,38-39,41,43-45,47,49-62H2,1-5H3/p+1/b10-8-,16-14-,22-20-,28-26-,31-30-,34-33-,37-36-,42-40-,48-46-. The average Bonchev–Trinajstić information content (AvgIpc) is 3.37. The van der Waals surface area contributed by atoms with Crippen LogP contribution in [0.2, 0.25) is 0 Å². The number of carbonyl (C=O) groups is 2. The normalized spacial score (nSPS) is 14.1. The molecule has 0 radical (unpaired) electrons. The minimum absolute atomic E-state index is 0.0204. The summed E-state index contributed by atoms with van der Waals surface area (Å²) in [6, 6.07) is 0. The number of likely N-dealkylation sites (N-methyl/N-ethyl adjacent to an activating group) is 1. The minimum Gasteiger partial charge on any atom is -0.462 e. The van der Waals surface area contributed by atoms with Crippen LogP contribution in [0.25, 0.3) is 0 Å². The summed E-state index contributed by atoms with van der Waals surface area (Å²) in [6.45, 7) is 4.29. The van der Waals surface area contributed by atoms with Crippen LogP contribution in [-0.4, -0.2) is 74.9 Å². The lowest BCUT2D eigenvalue weighted by atomic mass is 10.0. The van der Waals surface area contributed by atoms with Crippen molar-refractivity contribution in [2.45, 2.75) is 245 Å². The zero-order chi connectivity index (χ0) is 54.9. The highest BCUT2D eigenvalue weighted by atomic mass is 31.2. The number of carbonyl (C=O) groups excluding carboxylic acids is 2. The molecule has 0 aliphatic heterocycles. The van der Waals surface area contributed by atoms with E-state index in [2.05, 4.69) is 123 Å². The van der Waals surface area contributed by atoms with Gasteiger partial charge in [-0.15, -0.1) is 0 Å². The summed E-state index contributed by atoms with van der Waals surface area (Å²) in [6.07, 6.45) is 77.3. The van der Waals surface area contributed by atoms with E-state index in [-0.39, 0.29) is 32.0 Å². The van der Waals surface area contributed by atoms with Gasteiger partial charge in [0.1, 0.15) is 19.8 Å². The van der Waals surface area contributed by atoms with Crippen molar-refractivity contribution in [1.29, 1.82) is 0 Å². The summed E-state index contributed by atoms with van der Waals surface area (Å²) in [5.41, 5.74) is 0. The van der Waals surface area contributed by atoms with Gasteiger partial charge >= 0.3 is 19.8 Å². The van der Waals surface area contributed by atoms with Crippen molar-refractivity contribution in [2.75, 3.05) is 47.5 Å². The predicted molar refractivity (Wildman–Crippen MR) is 321 cm³/mol. The Morgan fingerprint density at radius 3 is 1.13 bits per heavy atom. The third-order valence-electron chi connectivity index (χ3n) is 12.6. The molecule has 2 atom stereocenters. The fourth-order valence-corrected chi connectivity index (χ4v) is 8.69. The van der Waals surface area contributed by atoms with E-state index in [4.69, 9.17) is 18.5 Å². The van der Waals surface area contributed by atoms with Gasteiger partial charge < -0.3 is 18.9 Å². The van der Waals surface area contributed by atoms with E-state index in [1.165, 1.54) is 109 Å². The van der Waals surface area contributed by atoms with Gasteiger partial charge in [0.15, 0.2) is 6.10 Å². The van der Waals surface area contributed by atoms with Crippen molar-refractivity contribution in [1.82, 2.24) is 0 Å². The number of quaternary nitrogens is 1. The number of phosphoric acid groups is 1. The first kappa shape index (κ1) is 71.7. The van der Waals surface area contributed by atoms with E-state index in [1.807, 2.05) is 21.1 Å². The van der Waals surface area contributed by atoms with Crippen LogP contribution in [0.3, 0.4) is 0 Å². The molecule has 430 valence electrons. The summed E-state index contributed by atoms with van der Waals surface area (Å²) in [5.74, 6) is -0.836. The number of rotatable bonds is 54. The molecule has 0 fully saturated rings. The van der Waals surface area contributed by atoms with Gasteiger partial charge in [0.2, 0.25) is 0 Å². The summed E-state index contributed by atoms with van der Waals surface area (Å²) < 4.78 is 34.5. The van der Waals surface area contributed by atoms with E-state index in [1.54, 1.807) is 0 Å². The zero-order valence-electron chi connectivity index (χ0n) is 48.7. The lowest BCUT2D eigenvalue weighted by molar-refractivity contribution is -0.870. The van der Waals surface area contributed by atoms with Gasteiger partial charge in [-0.3, -0.25) is 18.6 Å². The van der Waals surface area contributed by atoms with Crippen molar-refractivity contribution in [3.8, 4) is 0 Å². The van der Waals surface area contributed by atoms with Crippen LogP contribution in [0.4, 0.5) is 0 Å². The van der Waals surface area contributed by atoms with E-state index in [0.717, 1.165) is 96.3 Å². The fourth-order valence-electron chi connectivity index (χ4n) is 7.95. The van der Waals surface area contributed by atoms with Crippen LogP contribution in [0.1, 0.15) is 239 Å². The molecule has 10 heteroatoms. The molecular weight excluding hydrogens is 954 g/mol. The Balaban J connectivity index is 4.26. The Bertz CT molecular complexity index is 1630. The molecule has 0 aromatic rings. The number of ether oxygens (including phenoxy) is 2. The first-order valence-corrected chi connectivity index (χ1v) is 31.6. The van der Waals surface area contributed by atoms with E-state index < -0.39 is 26.5 Å². The highest BCUT2D eigenvalue weighted by Gasteiger charge is 2.27. The second-order valence-electron chi connectivity index (χ2n) is 21.0. The molecule has 0 rings (SSSR count). The maximum atomic E-state index is 12.8. The van der Waals surface area contributed by atoms with E-state index >= 15 is 0 Å². The molecule has 2 unspecified atom stereocenters. The molecule has 1 N–H and O–H groups in total. The summed E-state index contributed by atoms with van der Waals surface area (Å²) in [4.78, 5) is 35.7. The Morgan fingerprint density at radius 2 is 0.760 bits per heavy atom. The number of nitrogens with zero attached hydrogens (tertiary/aromatic N) is 1. The van der Waals surface area contributed by atoms with Crippen molar-refractivity contribution < 1.29 is 42.1 Å². The lowest BCUT2D eigenvalue weighted by Gasteiger charge is -2.24. The Kier molecular flexibility index (Phi) is 53.0. The molecule has 0 spiro atoms. The number of esters is 2. The molecule has 0 aliphatic rings. The van der Waals surface area contributed by atoms with Gasteiger partial charge in [0.05, 0.1) is 27.7 Å². The molecule has 0 aromatic carbocycles. The van der Waals surface area contributed by atoms with Crippen molar-refractivity contribution in [3.05, 3.63) is 109 Å². The van der Waals surface area contributed by atoms with Gasteiger partial charge in [-0.2, -0.15) is 0 Å². The second-order valence-corrected chi connectivity index (χ2v) is 22.5. The van der Waals surface area contributed by atoms with Gasteiger partial charge in [-0.25, -0.2) is 4.57 Å². The topological polar surface area (TPSA) is 108 Å². The zero-order valence-corrected chi connectivity index (χ0v) is 49.6. The summed E-state index contributed by atoms with van der Waals surface area (Å²) in [5, 5.41) is 0. The number of allylic oxidation sites excluding steroid dienone is 18. The number of unbranched alkanes of at least 4 members (excludes halogenated alkanes) is 22. The summed E-state index contributed by atoms with van der Waals surface area (Å²) >= 11 is 0. The maximum Gasteiger partial charge on any atom is 0.472 e. The quantitative estimate of drug-likeness (QED) is 0.0211. The van der Waals surface area contributed by atoms with E-state index in [9.17, 15) is 19.0 Å². The fraction of sp³-hybridized carbons (Fsp3) is 0.692. The van der Waals surface area contributed by atoms with Crippen LogP contribution in [0.5, 0.6) is 0 Å². The van der Waals surface area contributed by atoms with Gasteiger partial charge in [-0.05, 0) is 83.5 Å². The Hall–Kier alpha value is -3.33. The van der Waals surface area contributed by atoms with Gasteiger partial charge in [0.25, 0.3) is 0 Å². The van der Waals surface area contributed by atoms with Crippen LogP contribution in [0.15, 0.2) is 109 Å². The molecule has 0 amide bonds. The number of hydrogen-bond donors (Lipinski definition) is 1. The largest absolute Gasteiger partial charge is 0.472 e. The minimum atomic E-state index is -4.40.